The maximum atomic E-state index is 12.0. The second-order valence-corrected chi connectivity index (χ2v) is 20.0. The van der Waals surface area contributed by atoms with E-state index in [0.29, 0.717) is 90.2 Å². The molecule has 4 aromatic rings. The maximum absolute atomic E-state index is 12.0. The molecule has 0 spiro atoms. The first-order chi connectivity index (χ1) is 30.2. The first kappa shape index (κ1) is 45.3. The number of aliphatic imine (C=N–C) groups is 4. The topological polar surface area (TPSA) is 267 Å². The molecule has 0 unspecified atom stereocenters. The molecular formula is C44H28N4O12S4Zn. The Morgan fingerprint density at radius 3 is 0.600 bits per heavy atom. The first-order valence-corrected chi connectivity index (χ1v) is 24.4. The molecule has 5 aliphatic rings. The molecule has 0 fully saturated rings. The molecule has 0 saturated carbocycles. The van der Waals surface area contributed by atoms with E-state index in [9.17, 15) is 51.9 Å². The molecule has 0 aromatic heterocycles. The van der Waals surface area contributed by atoms with Crippen LogP contribution in [0.5, 0.6) is 0 Å². The Labute approximate surface area is 384 Å². The minimum atomic E-state index is -4.56. The van der Waals surface area contributed by atoms with Crippen LogP contribution in [0.2, 0.25) is 0 Å². The first-order valence-electron chi connectivity index (χ1n) is 18.6. The van der Waals surface area contributed by atoms with Crippen LogP contribution < -0.4 is 0 Å². The molecule has 8 bridgehead atoms. The van der Waals surface area contributed by atoms with Gasteiger partial charge in [0.2, 0.25) is 0 Å². The third-order valence-electron chi connectivity index (χ3n) is 10.4. The van der Waals surface area contributed by atoms with E-state index in [0.717, 1.165) is 0 Å². The van der Waals surface area contributed by atoms with Crippen LogP contribution in [0.25, 0.3) is 22.3 Å². The van der Waals surface area contributed by atoms with E-state index in [-0.39, 0.29) is 39.1 Å². The van der Waals surface area contributed by atoms with Crippen LogP contribution in [0.15, 0.2) is 208 Å². The summed E-state index contributed by atoms with van der Waals surface area (Å²) in [6.45, 7) is 0. The van der Waals surface area contributed by atoms with Crippen molar-refractivity contribution < 1.29 is 71.4 Å². The minimum absolute atomic E-state index is 0. The summed E-state index contributed by atoms with van der Waals surface area (Å²) >= 11 is 0. The van der Waals surface area contributed by atoms with Gasteiger partial charge in [-0.2, -0.15) is 33.7 Å². The van der Waals surface area contributed by atoms with E-state index in [2.05, 4.69) is 0 Å². The molecule has 322 valence electrons. The standard InChI is InChI=1S/C44H28N4O12S4.Zn/c49-61(50,51)29-9-1-25(2-10-29)41-33-17-19-35(45-33)42(26-3-11-30(12-4-26)62(52,53)54)37-21-23-39(47-37)44(28-7-15-32(16-8-28)64(58,59)60)40-24-22-38(48-40)43(36-20-18-34(41)46-36)27-5-13-31(14-6-27)63(55,56)57;/h1-24H,(H,49,50,51)(H,52,53,54)(H,55,56,57)(H,58,59,60);. The Morgan fingerprint density at radius 1 is 0.277 bits per heavy atom. The van der Waals surface area contributed by atoms with Crippen LogP contribution in [0.4, 0.5) is 0 Å². The zero-order chi connectivity index (χ0) is 45.3. The Hall–Kier alpha value is -6.26. The fraction of sp³-hybridized carbons (Fsp3) is 0. The third kappa shape index (κ3) is 8.93. The smallest absolute Gasteiger partial charge is 0.282 e. The van der Waals surface area contributed by atoms with E-state index >= 15 is 0 Å². The number of fused-ring (bicyclic) bond motifs is 4. The molecule has 16 nitrogen and oxygen atoms in total. The summed E-state index contributed by atoms with van der Waals surface area (Å²) in [7, 11) is -18.2. The Balaban J connectivity index is 0.00000576. The van der Waals surface area contributed by atoms with Crippen molar-refractivity contribution >= 4 is 85.6 Å². The van der Waals surface area contributed by atoms with Gasteiger partial charge in [0.25, 0.3) is 40.5 Å². The largest absolute Gasteiger partial charge is 0.294 e. The molecule has 9 rings (SSSR count). The Morgan fingerprint density at radius 2 is 0.446 bits per heavy atom. The number of rotatable bonds is 8. The van der Waals surface area contributed by atoms with E-state index in [1.54, 1.807) is 48.6 Å². The van der Waals surface area contributed by atoms with Crippen molar-refractivity contribution in [2.45, 2.75) is 19.6 Å². The molecule has 4 N–H and O–H groups in total. The van der Waals surface area contributed by atoms with Crippen molar-refractivity contribution in [2.75, 3.05) is 0 Å². The van der Waals surface area contributed by atoms with E-state index in [1.807, 2.05) is 0 Å². The average Bonchev–Trinajstić information content (AvgIpc) is 4.08. The van der Waals surface area contributed by atoms with Gasteiger partial charge in [-0.15, -0.1) is 0 Å². The van der Waals surface area contributed by atoms with Crippen molar-refractivity contribution in [3.05, 3.63) is 191 Å². The van der Waals surface area contributed by atoms with Gasteiger partial charge in [-0.3, -0.25) is 18.2 Å². The van der Waals surface area contributed by atoms with Crippen LogP contribution in [-0.2, 0) is 60.0 Å². The number of allylic oxidation sites excluding steroid dienone is 12. The Bertz CT molecular complexity index is 3150. The van der Waals surface area contributed by atoms with Gasteiger partial charge in [0, 0.05) is 41.8 Å². The second-order valence-electron chi connectivity index (χ2n) is 14.4. The van der Waals surface area contributed by atoms with Crippen LogP contribution in [-0.4, -0.2) is 74.7 Å². The van der Waals surface area contributed by atoms with E-state index < -0.39 is 40.5 Å². The average molecular weight is 998 g/mol. The molecule has 0 atom stereocenters. The molecule has 5 heterocycles. The van der Waals surface area contributed by atoms with Crippen molar-refractivity contribution in [1.82, 2.24) is 0 Å². The van der Waals surface area contributed by atoms with Crippen LogP contribution >= 0.6 is 0 Å². The van der Waals surface area contributed by atoms with Gasteiger partial charge in [-0.1, -0.05) is 48.5 Å². The summed E-state index contributed by atoms with van der Waals surface area (Å²) in [6.07, 6.45) is 13.6. The summed E-state index contributed by atoms with van der Waals surface area (Å²) in [5, 5.41) is 0. The van der Waals surface area contributed by atoms with Gasteiger partial charge < -0.3 is 0 Å². The summed E-state index contributed by atoms with van der Waals surface area (Å²) in [5.41, 5.74) is 6.28. The normalized spacial score (nSPS) is 17.2. The number of hydrogen-bond donors (Lipinski definition) is 4. The van der Waals surface area contributed by atoms with Crippen LogP contribution in [0.3, 0.4) is 0 Å². The fourth-order valence-electron chi connectivity index (χ4n) is 7.44. The van der Waals surface area contributed by atoms with Crippen LogP contribution in [0.1, 0.15) is 22.3 Å². The number of hydrogen-bond acceptors (Lipinski definition) is 12. The van der Waals surface area contributed by atoms with Crippen molar-refractivity contribution in [1.29, 1.82) is 0 Å². The predicted octanol–water partition coefficient (Wildman–Crippen LogP) is 6.67. The molecule has 0 radical (unpaired) electrons. The number of nitrogens with zero attached hydrogens (tertiary/aromatic N) is 4. The van der Waals surface area contributed by atoms with Gasteiger partial charge in [-0.05, 0) is 119 Å². The molecule has 21 heteroatoms. The fourth-order valence-corrected chi connectivity index (χ4v) is 9.36. The monoisotopic (exact) mass is 996 g/mol. The number of benzene rings is 4. The van der Waals surface area contributed by atoms with Crippen molar-refractivity contribution in [3.8, 4) is 0 Å². The molecule has 0 aliphatic carbocycles. The summed E-state index contributed by atoms with van der Waals surface area (Å²) in [6, 6.07) is 21.6. The molecule has 65 heavy (non-hydrogen) atoms. The van der Waals surface area contributed by atoms with Gasteiger partial charge in [0.05, 0.1) is 65.2 Å². The molecule has 0 saturated heterocycles. The third-order valence-corrected chi connectivity index (χ3v) is 13.8. The van der Waals surface area contributed by atoms with Crippen LogP contribution in [0, 0.1) is 0 Å². The predicted molar refractivity (Wildman–Crippen MR) is 239 cm³/mol. The summed E-state index contributed by atoms with van der Waals surface area (Å²) in [5.74, 6) is 0. The molecule has 4 aromatic carbocycles. The summed E-state index contributed by atoms with van der Waals surface area (Å²) in [4.78, 5) is 18.7. The van der Waals surface area contributed by atoms with Crippen molar-refractivity contribution in [3.63, 3.8) is 0 Å². The Kier molecular flexibility index (Phi) is 11.6. The van der Waals surface area contributed by atoms with E-state index in [4.69, 9.17) is 20.0 Å². The van der Waals surface area contributed by atoms with Gasteiger partial charge >= 0.3 is 0 Å². The van der Waals surface area contributed by atoms with Gasteiger partial charge in [-0.25, -0.2) is 20.0 Å². The van der Waals surface area contributed by atoms with Crippen molar-refractivity contribution in [2.24, 2.45) is 20.0 Å². The zero-order valence-corrected chi connectivity index (χ0v) is 39.3. The molecule has 5 aliphatic heterocycles. The van der Waals surface area contributed by atoms with Gasteiger partial charge in [0.15, 0.2) is 0 Å². The van der Waals surface area contributed by atoms with Gasteiger partial charge in [0.1, 0.15) is 0 Å². The molecule has 0 amide bonds. The SMILES string of the molecule is O=S(=O)(O)c1ccc(C2=C3C=CC(=N3)C(c3ccc(S(=O)(=O)O)cc3)=C3C=CC(=N3)C(c3ccc(S(=O)(=O)O)cc3)=C3C=CC(=N3)C(c3ccc(S(=O)(=O)O)cc3)=C3C=CC2=N3)cc1.[Zn]. The second kappa shape index (κ2) is 16.6. The zero-order valence-electron chi connectivity index (χ0n) is 33.0. The minimum Gasteiger partial charge on any atom is -0.282 e. The van der Waals surface area contributed by atoms with E-state index in [1.165, 1.54) is 97.1 Å². The molecular weight excluding hydrogens is 970 g/mol. The quantitative estimate of drug-likeness (QED) is 0.106. The summed E-state index contributed by atoms with van der Waals surface area (Å²) < 4.78 is 135. The maximum Gasteiger partial charge on any atom is 0.294 e.